The van der Waals surface area contributed by atoms with Gasteiger partial charge < -0.3 is 14.7 Å². The van der Waals surface area contributed by atoms with E-state index in [-0.39, 0.29) is 42.2 Å². The van der Waals surface area contributed by atoms with Crippen molar-refractivity contribution in [1.29, 1.82) is 0 Å². The third-order valence-corrected chi connectivity index (χ3v) is 8.05. The maximum Gasteiger partial charge on any atom is 0.244 e. The molecule has 7 heteroatoms. The number of hydrogen-bond acceptors (Lipinski definition) is 4. The first kappa shape index (κ1) is 27.1. The molecular weight excluding hydrogens is 467 g/mol. The minimum absolute atomic E-state index is 0.0723. The van der Waals surface area contributed by atoms with Crippen LogP contribution in [0.1, 0.15) is 57.7 Å². The molecule has 0 spiro atoms. The molecular formula is C30H41FN4O2. The molecule has 2 amide bonds. The van der Waals surface area contributed by atoms with Crippen molar-refractivity contribution in [3.8, 4) is 0 Å². The molecule has 4 rings (SSSR count). The van der Waals surface area contributed by atoms with E-state index in [2.05, 4.69) is 18.7 Å². The van der Waals surface area contributed by atoms with Gasteiger partial charge in [-0.2, -0.15) is 0 Å². The summed E-state index contributed by atoms with van der Waals surface area (Å²) in [7, 11) is 0. The molecule has 0 aromatic heterocycles. The molecule has 0 bridgehead atoms. The Morgan fingerprint density at radius 1 is 0.946 bits per heavy atom. The molecule has 0 N–H and O–H groups in total. The zero-order chi connectivity index (χ0) is 26.5. The molecule has 37 heavy (non-hydrogen) atoms. The fourth-order valence-corrected chi connectivity index (χ4v) is 5.94. The fourth-order valence-electron chi connectivity index (χ4n) is 5.94. The molecule has 2 fully saturated rings. The SMILES string of the molecule is CCN(CC)C(=O)C(c1ccccc1)N1CCN(c2ccc(CC(=O)N3C(C)CCC3C)cc2F)CC1. The van der Waals surface area contributed by atoms with Crippen LogP contribution in [0.4, 0.5) is 10.1 Å². The summed E-state index contributed by atoms with van der Waals surface area (Å²) in [6.07, 6.45) is 2.28. The highest BCUT2D eigenvalue weighted by Crippen LogP contribution is 2.29. The van der Waals surface area contributed by atoms with Gasteiger partial charge in [-0.15, -0.1) is 0 Å². The lowest BCUT2D eigenvalue weighted by Crippen LogP contribution is -2.52. The Balaban J connectivity index is 1.43. The summed E-state index contributed by atoms with van der Waals surface area (Å²) < 4.78 is 15.2. The molecule has 2 saturated heterocycles. The van der Waals surface area contributed by atoms with Crippen molar-refractivity contribution in [1.82, 2.24) is 14.7 Å². The summed E-state index contributed by atoms with van der Waals surface area (Å²) in [4.78, 5) is 34.4. The number of anilines is 1. The minimum atomic E-state index is -0.336. The van der Waals surface area contributed by atoms with Crippen molar-refractivity contribution in [2.24, 2.45) is 0 Å². The molecule has 6 nitrogen and oxygen atoms in total. The van der Waals surface area contributed by atoms with Crippen LogP contribution in [0.3, 0.4) is 0 Å². The predicted molar refractivity (Wildman–Crippen MR) is 146 cm³/mol. The highest BCUT2D eigenvalue weighted by molar-refractivity contribution is 5.83. The maximum atomic E-state index is 15.2. The van der Waals surface area contributed by atoms with Gasteiger partial charge in [0.15, 0.2) is 0 Å². The second-order valence-electron chi connectivity index (χ2n) is 10.4. The Labute approximate surface area is 221 Å². The summed E-state index contributed by atoms with van der Waals surface area (Å²) in [6, 6.07) is 15.3. The van der Waals surface area contributed by atoms with Crippen molar-refractivity contribution in [3.05, 3.63) is 65.5 Å². The number of carbonyl (C=O) groups excluding carboxylic acids is 2. The van der Waals surface area contributed by atoms with Crippen molar-refractivity contribution < 1.29 is 14.0 Å². The van der Waals surface area contributed by atoms with Gasteiger partial charge in [0.2, 0.25) is 11.8 Å². The third-order valence-electron chi connectivity index (χ3n) is 8.05. The number of rotatable bonds is 8. The Bertz CT molecular complexity index is 1060. The molecule has 2 heterocycles. The number of carbonyl (C=O) groups is 2. The van der Waals surface area contributed by atoms with E-state index in [9.17, 15) is 9.59 Å². The lowest BCUT2D eigenvalue weighted by atomic mass is 10.0. The predicted octanol–water partition coefficient (Wildman–Crippen LogP) is 4.50. The van der Waals surface area contributed by atoms with Crippen molar-refractivity contribution in [2.45, 2.75) is 65.1 Å². The molecule has 3 unspecified atom stereocenters. The van der Waals surface area contributed by atoms with Crippen LogP contribution in [0.5, 0.6) is 0 Å². The summed E-state index contributed by atoms with van der Waals surface area (Å²) in [5, 5.41) is 0. The second-order valence-corrected chi connectivity index (χ2v) is 10.4. The van der Waals surface area contributed by atoms with Crippen LogP contribution in [0.2, 0.25) is 0 Å². The molecule has 0 saturated carbocycles. The van der Waals surface area contributed by atoms with E-state index in [4.69, 9.17) is 0 Å². The topological polar surface area (TPSA) is 47.1 Å². The van der Waals surface area contributed by atoms with Crippen LogP contribution in [-0.4, -0.2) is 77.9 Å². The normalized spacial score (nSPS) is 21.2. The summed E-state index contributed by atoms with van der Waals surface area (Å²) in [5.41, 5.74) is 2.27. The van der Waals surface area contributed by atoms with Gasteiger partial charge in [0.25, 0.3) is 0 Å². The molecule has 0 aliphatic carbocycles. The van der Waals surface area contributed by atoms with Gasteiger partial charge in [0.1, 0.15) is 11.9 Å². The first-order chi connectivity index (χ1) is 17.8. The standard InChI is InChI=1S/C30H41FN4O2/c1-5-32(6-2)30(37)29(25-10-8-7-9-11-25)34-18-16-33(17-19-34)27-15-14-24(20-26(27)31)21-28(36)35-22(3)12-13-23(35)4/h7-11,14-15,20,22-23,29H,5-6,12-13,16-19,21H2,1-4H3. The van der Waals surface area contributed by atoms with Crippen molar-refractivity contribution in [2.75, 3.05) is 44.2 Å². The van der Waals surface area contributed by atoms with Crippen LogP contribution in [0.15, 0.2) is 48.5 Å². The summed E-state index contributed by atoms with van der Waals surface area (Å²) in [6.45, 7) is 12.1. The van der Waals surface area contributed by atoms with Crippen LogP contribution in [0.25, 0.3) is 0 Å². The highest BCUT2D eigenvalue weighted by Gasteiger charge is 2.34. The number of hydrogen-bond donors (Lipinski definition) is 0. The number of amides is 2. The zero-order valence-electron chi connectivity index (χ0n) is 22.7. The van der Waals surface area contributed by atoms with Gasteiger partial charge in [-0.25, -0.2) is 4.39 Å². The number of benzene rings is 2. The second kappa shape index (κ2) is 12.1. The third kappa shape index (κ3) is 5.98. The molecule has 2 aromatic carbocycles. The summed E-state index contributed by atoms with van der Waals surface area (Å²) in [5.74, 6) is -0.102. The van der Waals surface area contributed by atoms with E-state index in [1.54, 1.807) is 6.07 Å². The average molecular weight is 509 g/mol. The van der Waals surface area contributed by atoms with Gasteiger partial charge in [-0.05, 0) is 63.8 Å². The largest absolute Gasteiger partial charge is 0.367 e. The first-order valence-corrected chi connectivity index (χ1v) is 13.8. The number of nitrogens with zero attached hydrogens (tertiary/aromatic N) is 4. The van der Waals surface area contributed by atoms with Gasteiger partial charge in [-0.3, -0.25) is 14.5 Å². The van der Waals surface area contributed by atoms with Crippen LogP contribution >= 0.6 is 0 Å². The summed E-state index contributed by atoms with van der Waals surface area (Å²) >= 11 is 0. The lowest BCUT2D eigenvalue weighted by molar-refractivity contribution is -0.137. The van der Waals surface area contributed by atoms with Crippen LogP contribution in [0, 0.1) is 5.82 Å². The van der Waals surface area contributed by atoms with Gasteiger partial charge in [-0.1, -0.05) is 36.4 Å². The van der Waals surface area contributed by atoms with Crippen LogP contribution in [-0.2, 0) is 16.0 Å². The van der Waals surface area contributed by atoms with Gasteiger partial charge in [0.05, 0.1) is 12.1 Å². The maximum absolute atomic E-state index is 15.2. The van der Waals surface area contributed by atoms with Crippen molar-refractivity contribution >= 4 is 17.5 Å². The Kier molecular flexibility index (Phi) is 8.85. The zero-order valence-corrected chi connectivity index (χ0v) is 22.7. The Hall–Kier alpha value is -2.93. The average Bonchev–Trinajstić information content (AvgIpc) is 3.24. The first-order valence-electron chi connectivity index (χ1n) is 13.8. The monoisotopic (exact) mass is 508 g/mol. The van der Waals surface area contributed by atoms with E-state index in [1.807, 2.05) is 64.9 Å². The van der Waals surface area contributed by atoms with Gasteiger partial charge in [0, 0.05) is 51.4 Å². The molecule has 2 aliphatic rings. The van der Waals surface area contributed by atoms with E-state index >= 15 is 4.39 Å². The Morgan fingerprint density at radius 3 is 2.14 bits per heavy atom. The lowest BCUT2D eigenvalue weighted by Gasteiger charge is -2.41. The van der Waals surface area contributed by atoms with Crippen LogP contribution < -0.4 is 4.90 Å². The van der Waals surface area contributed by atoms with E-state index in [0.717, 1.165) is 18.4 Å². The number of halogens is 1. The quantitative estimate of drug-likeness (QED) is 0.527. The number of likely N-dealkylation sites (N-methyl/N-ethyl adjacent to an activating group) is 1. The molecule has 2 aromatic rings. The minimum Gasteiger partial charge on any atom is -0.367 e. The fraction of sp³-hybridized carbons (Fsp3) is 0.533. The Morgan fingerprint density at radius 2 is 1.57 bits per heavy atom. The molecule has 200 valence electrons. The number of piperazine rings is 1. The highest BCUT2D eigenvalue weighted by atomic mass is 19.1. The number of likely N-dealkylation sites (tertiary alicyclic amines) is 1. The molecule has 3 atom stereocenters. The molecule has 2 aliphatic heterocycles. The molecule has 0 radical (unpaired) electrons. The van der Waals surface area contributed by atoms with E-state index < -0.39 is 0 Å². The van der Waals surface area contributed by atoms with Gasteiger partial charge >= 0.3 is 0 Å². The van der Waals surface area contributed by atoms with E-state index in [1.165, 1.54) is 6.07 Å². The van der Waals surface area contributed by atoms with Crippen molar-refractivity contribution in [3.63, 3.8) is 0 Å². The van der Waals surface area contributed by atoms with E-state index in [0.29, 0.717) is 50.5 Å². The smallest absolute Gasteiger partial charge is 0.244 e.